The summed E-state index contributed by atoms with van der Waals surface area (Å²) in [6, 6.07) is 12.3. The van der Waals surface area contributed by atoms with Gasteiger partial charge in [-0.25, -0.2) is 0 Å². The Morgan fingerprint density at radius 3 is 2.32 bits per heavy atom. The molecular formula is C18H18Cl2N2O2S. The molecular weight excluding hydrogens is 379 g/mol. The van der Waals surface area contributed by atoms with Crippen molar-refractivity contribution in [3.8, 4) is 0 Å². The van der Waals surface area contributed by atoms with E-state index in [0.717, 1.165) is 5.56 Å². The fraction of sp³-hybridized carbons (Fsp3) is 0.222. The summed E-state index contributed by atoms with van der Waals surface area (Å²) in [4.78, 5) is 25.3. The van der Waals surface area contributed by atoms with Gasteiger partial charge >= 0.3 is 0 Å². The first kappa shape index (κ1) is 19.6. The highest BCUT2D eigenvalue weighted by Gasteiger charge is 2.08. The molecule has 7 heteroatoms. The van der Waals surface area contributed by atoms with Gasteiger partial charge in [0, 0.05) is 31.1 Å². The Hall–Kier alpha value is -1.69. The van der Waals surface area contributed by atoms with E-state index in [1.165, 1.54) is 16.7 Å². The van der Waals surface area contributed by atoms with E-state index in [1.807, 2.05) is 6.07 Å². The predicted octanol–water partition coefficient (Wildman–Crippen LogP) is 4.57. The van der Waals surface area contributed by atoms with Gasteiger partial charge in [0.25, 0.3) is 5.91 Å². The van der Waals surface area contributed by atoms with Crippen molar-refractivity contribution in [2.75, 3.05) is 25.2 Å². The summed E-state index contributed by atoms with van der Waals surface area (Å²) in [5, 5.41) is 3.84. The SMILES string of the molecule is CN(C)C(=O)c1ccc(NC(=O)CSCc2ccc(Cl)c(Cl)c2)cc1. The van der Waals surface area contributed by atoms with Crippen molar-refractivity contribution in [3.63, 3.8) is 0 Å². The molecule has 0 saturated carbocycles. The summed E-state index contributed by atoms with van der Waals surface area (Å²) >= 11 is 13.3. The molecule has 0 fully saturated rings. The Bertz CT molecular complexity index is 764. The van der Waals surface area contributed by atoms with Crippen LogP contribution in [0.3, 0.4) is 0 Å². The van der Waals surface area contributed by atoms with Crippen molar-refractivity contribution >= 4 is 52.5 Å². The molecule has 0 aromatic heterocycles. The number of halogens is 2. The molecule has 0 spiro atoms. The minimum absolute atomic E-state index is 0.0740. The fourth-order valence-electron chi connectivity index (χ4n) is 2.04. The molecule has 1 N–H and O–H groups in total. The molecule has 0 bridgehead atoms. The van der Waals surface area contributed by atoms with Gasteiger partial charge in [0.1, 0.15) is 0 Å². The van der Waals surface area contributed by atoms with Crippen LogP contribution in [0, 0.1) is 0 Å². The highest BCUT2D eigenvalue weighted by molar-refractivity contribution is 7.99. The second kappa shape index (κ2) is 9.13. The number of hydrogen-bond donors (Lipinski definition) is 1. The van der Waals surface area contributed by atoms with Gasteiger partial charge in [-0.15, -0.1) is 11.8 Å². The van der Waals surface area contributed by atoms with E-state index in [1.54, 1.807) is 50.5 Å². The van der Waals surface area contributed by atoms with Crippen LogP contribution >= 0.6 is 35.0 Å². The zero-order valence-corrected chi connectivity index (χ0v) is 16.2. The molecule has 0 heterocycles. The lowest BCUT2D eigenvalue weighted by atomic mass is 10.2. The molecule has 132 valence electrons. The number of carbonyl (C=O) groups excluding carboxylic acids is 2. The van der Waals surface area contributed by atoms with E-state index < -0.39 is 0 Å². The summed E-state index contributed by atoms with van der Waals surface area (Å²) in [5.41, 5.74) is 2.26. The molecule has 0 aliphatic heterocycles. The Kier molecular flexibility index (Phi) is 7.17. The van der Waals surface area contributed by atoms with Crippen LogP contribution in [0.15, 0.2) is 42.5 Å². The van der Waals surface area contributed by atoms with Crippen molar-refractivity contribution in [2.45, 2.75) is 5.75 Å². The Balaban J connectivity index is 1.81. The van der Waals surface area contributed by atoms with E-state index in [2.05, 4.69) is 5.32 Å². The number of nitrogens with one attached hydrogen (secondary N) is 1. The molecule has 0 aliphatic rings. The number of hydrogen-bond acceptors (Lipinski definition) is 3. The Morgan fingerprint density at radius 2 is 1.72 bits per heavy atom. The monoisotopic (exact) mass is 396 g/mol. The normalized spacial score (nSPS) is 10.4. The van der Waals surface area contributed by atoms with Crippen molar-refractivity contribution in [1.82, 2.24) is 4.90 Å². The summed E-state index contributed by atoms with van der Waals surface area (Å²) in [5.74, 6) is 0.811. The van der Waals surface area contributed by atoms with Gasteiger partial charge in [0.05, 0.1) is 15.8 Å². The van der Waals surface area contributed by atoms with Crippen LogP contribution in [0.2, 0.25) is 10.0 Å². The lowest BCUT2D eigenvalue weighted by Gasteiger charge is -2.11. The van der Waals surface area contributed by atoms with Crippen LogP contribution in [0.1, 0.15) is 15.9 Å². The quantitative estimate of drug-likeness (QED) is 0.777. The zero-order chi connectivity index (χ0) is 18.4. The van der Waals surface area contributed by atoms with Gasteiger partial charge in [0.15, 0.2) is 0 Å². The van der Waals surface area contributed by atoms with Gasteiger partial charge < -0.3 is 10.2 Å². The van der Waals surface area contributed by atoms with E-state index >= 15 is 0 Å². The van der Waals surface area contributed by atoms with E-state index in [9.17, 15) is 9.59 Å². The smallest absolute Gasteiger partial charge is 0.253 e. The molecule has 0 atom stereocenters. The van der Waals surface area contributed by atoms with E-state index in [-0.39, 0.29) is 11.8 Å². The molecule has 0 aliphatic carbocycles. The van der Waals surface area contributed by atoms with Crippen LogP contribution in [0.4, 0.5) is 5.69 Å². The van der Waals surface area contributed by atoms with Gasteiger partial charge in [-0.2, -0.15) is 0 Å². The number of benzene rings is 2. The average Bonchev–Trinajstić information content (AvgIpc) is 2.58. The summed E-state index contributed by atoms with van der Waals surface area (Å²) in [7, 11) is 3.40. The first-order chi connectivity index (χ1) is 11.9. The second-order valence-corrected chi connectivity index (χ2v) is 7.37. The maximum Gasteiger partial charge on any atom is 0.253 e. The predicted molar refractivity (Wildman–Crippen MR) is 106 cm³/mol. The molecule has 0 unspecified atom stereocenters. The van der Waals surface area contributed by atoms with Gasteiger partial charge in [-0.05, 0) is 42.0 Å². The molecule has 2 amide bonds. The van der Waals surface area contributed by atoms with Crippen LogP contribution in [-0.2, 0) is 10.5 Å². The van der Waals surface area contributed by atoms with E-state index in [0.29, 0.717) is 32.8 Å². The third-order valence-electron chi connectivity index (χ3n) is 3.31. The van der Waals surface area contributed by atoms with Crippen LogP contribution in [0.5, 0.6) is 0 Å². The summed E-state index contributed by atoms with van der Waals surface area (Å²) < 4.78 is 0. The third kappa shape index (κ3) is 5.96. The minimum atomic E-state index is -0.100. The highest BCUT2D eigenvalue weighted by Crippen LogP contribution is 2.24. The average molecular weight is 397 g/mol. The lowest BCUT2D eigenvalue weighted by Crippen LogP contribution is -2.21. The molecule has 2 rings (SSSR count). The number of thioether (sulfide) groups is 1. The molecule has 25 heavy (non-hydrogen) atoms. The standard InChI is InChI=1S/C18H18Cl2N2O2S/c1-22(2)18(24)13-4-6-14(7-5-13)21-17(23)11-25-10-12-3-8-15(19)16(20)9-12/h3-9H,10-11H2,1-2H3,(H,21,23). The van der Waals surface area contributed by atoms with Crippen molar-refractivity contribution in [1.29, 1.82) is 0 Å². The first-order valence-corrected chi connectivity index (χ1v) is 9.41. The van der Waals surface area contributed by atoms with Crippen LogP contribution in [0.25, 0.3) is 0 Å². The maximum absolute atomic E-state index is 12.0. The molecule has 2 aromatic rings. The molecule has 4 nitrogen and oxygen atoms in total. The number of nitrogens with zero attached hydrogens (tertiary/aromatic N) is 1. The molecule has 2 aromatic carbocycles. The third-order valence-corrected chi connectivity index (χ3v) is 5.05. The summed E-state index contributed by atoms with van der Waals surface area (Å²) in [6.45, 7) is 0. The second-order valence-electron chi connectivity index (χ2n) is 5.57. The van der Waals surface area contributed by atoms with Crippen LogP contribution < -0.4 is 5.32 Å². The molecule has 0 saturated heterocycles. The minimum Gasteiger partial charge on any atom is -0.345 e. The lowest BCUT2D eigenvalue weighted by molar-refractivity contribution is -0.113. The number of anilines is 1. The van der Waals surface area contributed by atoms with E-state index in [4.69, 9.17) is 23.2 Å². The fourth-order valence-corrected chi connectivity index (χ4v) is 3.14. The van der Waals surface area contributed by atoms with Gasteiger partial charge in [0.2, 0.25) is 5.91 Å². The van der Waals surface area contributed by atoms with Crippen molar-refractivity contribution < 1.29 is 9.59 Å². The largest absolute Gasteiger partial charge is 0.345 e. The number of amides is 2. The summed E-state index contributed by atoms with van der Waals surface area (Å²) in [6.07, 6.45) is 0. The Labute approximate surface area is 161 Å². The molecule has 0 radical (unpaired) electrons. The van der Waals surface area contributed by atoms with Crippen molar-refractivity contribution in [2.24, 2.45) is 0 Å². The van der Waals surface area contributed by atoms with Gasteiger partial charge in [-0.3, -0.25) is 9.59 Å². The van der Waals surface area contributed by atoms with Crippen LogP contribution in [-0.4, -0.2) is 36.6 Å². The Morgan fingerprint density at radius 1 is 1.04 bits per heavy atom. The topological polar surface area (TPSA) is 49.4 Å². The zero-order valence-electron chi connectivity index (χ0n) is 13.9. The number of rotatable bonds is 6. The van der Waals surface area contributed by atoms with Crippen molar-refractivity contribution in [3.05, 3.63) is 63.6 Å². The number of carbonyl (C=O) groups is 2. The maximum atomic E-state index is 12.0. The highest BCUT2D eigenvalue weighted by atomic mass is 35.5. The van der Waals surface area contributed by atoms with Gasteiger partial charge in [-0.1, -0.05) is 29.3 Å². The first-order valence-electron chi connectivity index (χ1n) is 7.50.